The van der Waals surface area contributed by atoms with E-state index in [9.17, 15) is 4.79 Å². The Kier molecular flexibility index (Phi) is 4.86. The fraction of sp³-hybridized carbons (Fsp3) is 0.500. The van der Waals surface area contributed by atoms with Gasteiger partial charge in [0, 0.05) is 27.2 Å². The molecule has 0 unspecified atom stereocenters. The Morgan fingerprint density at radius 2 is 2.12 bits per heavy atom. The summed E-state index contributed by atoms with van der Waals surface area (Å²) in [6.07, 6.45) is 1.63. The van der Waals surface area contributed by atoms with Gasteiger partial charge in [0.2, 0.25) is 5.95 Å². The zero-order chi connectivity index (χ0) is 17.1. The van der Waals surface area contributed by atoms with E-state index < -0.39 is 0 Å². The van der Waals surface area contributed by atoms with Crippen molar-refractivity contribution in [1.29, 1.82) is 0 Å². The highest BCUT2D eigenvalue weighted by molar-refractivity contribution is 7.08. The summed E-state index contributed by atoms with van der Waals surface area (Å²) >= 11 is 1.07. The van der Waals surface area contributed by atoms with Crippen molar-refractivity contribution in [2.24, 2.45) is 0 Å². The summed E-state index contributed by atoms with van der Waals surface area (Å²) in [5.74, 6) is 1.03. The summed E-state index contributed by atoms with van der Waals surface area (Å²) in [7, 11) is 3.75. The Bertz CT molecular complexity index is 728. The molecule has 0 radical (unpaired) electrons. The third kappa shape index (κ3) is 3.44. The molecule has 3 rings (SSSR count). The number of carbonyl (C=O) groups excluding carboxylic acids is 1. The Labute approximate surface area is 143 Å². The third-order valence-electron chi connectivity index (χ3n) is 3.58. The molecule has 2 aromatic rings. The number of carbonyl (C=O) groups is 1. The molecule has 1 aliphatic rings. The summed E-state index contributed by atoms with van der Waals surface area (Å²) in [5, 5.41) is 6.71. The lowest BCUT2D eigenvalue weighted by atomic mass is 10.3. The molecule has 0 saturated carbocycles. The fourth-order valence-electron chi connectivity index (χ4n) is 2.33. The van der Waals surface area contributed by atoms with Crippen LogP contribution < -0.4 is 15.1 Å². The monoisotopic (exact) mass is 349 g/mol. The minimum atomic E-state index is -0.256. The van der Waals surface area contributed by atoms with Gasteiger partial charge in [-0.1, -0.05) is 4.49 Å². The number of ether oxygens (including phenoxy) is 1. The number of nitrogens with zero attached hydrogens (tertiary/aromatic N) is 6. The van der Waals surface area contributed by atoms with Gasteiger partial charge in [0.1, 0.15) is 10.6 Å². The predicted molar refractivity (Wildman–Crippen MR) is 92.0 cm³/mol. The molecule has 9 nitrogen and oxygen atoms in total. The van der Waals surface area contributed by atoms with Crippen LogP contribution in [-0.4, -0.2) is 65.9 Å². The fourth-order valence-corrected chi connectivity index (χ4v) is 2.88. The van der Waals surface area contributed by atoms with Gasteiger partial charge in [-0.3, -0.25) is 4.79 Å². The van der Waals surface area contributed by atoms with E-state index in [1.165, 1.54) is 0 Å². The molecule has 1 aliphatic heterocycles. The van der Waals surface area contributed by atoms with Gasteiger partial charge in [-0.15, -0.1) is 5.10 Å². The molecule has 1 saturated heterocycles. The molecule has 0 spiro atoms. The van der Waals surface area contributed by atoms with E-state index in [4.69, 9.17) is 4.74 Å². The van der Waals surface area contributed by atoms with Crippen molar-refractivity contribution in [2.75, 3.05) is 55.5 Å². The van der Waals surface area contributed by atoms with Crippen LogP contribution in [0, 0.1) is 6.92 Å². The normalized spacial score (nSPS) is 14.5. The number of hydrogen-bond acceptors (Lipinski definition) is 9. The number of anilines is 3. The van der Waals surface area contributed by atoms with Crippen molar-refractivity contribution in [3.05, 3.63) is 16.8 Å². The Morgan fingerprint density at radius 1 is 1.38 bits per heavy atom. The van der Waals surface area contributed by atoms with Gasteiger partial charge in [-0.05, 0) is 18.5 Å². The molecule has 0 atom stereocenters. The number of aromatic nitrogens is 4. The van der Waals surface area contributed by atoms with Crippen molar-refractivity contribution >= 4 is 34.9 Å². The first kappa shape index (κ1) is 16.5. The van der Waals surface area contributed by atoms with E-state index in [0.29, 0.717) is 41.2 Å². The predicted octanol–water partition coefficient (Wildman–Crippen LogP) is 0.791. The van der Waals surface area contributed by atoms with E-state index in [0.717, 1.165) is 24.6 Å². The SMILES string of the molecule is Cc1nnsc1C(=O)Nc1cnc(N2CCOCC2)nc1N(C)C. The van der Waals surface area contributed by atoms with E-state index in [-0.39, 0.29) is 5.91 Å². The topological polar surface area (TPSA) is 96.4 Å². The van der Waals surface area contributed by atoms with Crippen LogP contribution in [0.2, 0.25) is 0 Å². The maximum Gasteiger partial charge on any atom is 0.269 e. The smallest absolute Gasteiger partial charge is 0.269 e. The second-order valence-electron chi connectivity index (χ2n) is 5.54. The first-order valence-corrected chi connectivity index (χ1v) is 8.31. The van der Waals surface area contributed by atoms with Crippen LogP contribution in [0.15, 0.2) is 6.20 Å². The van der Waals surface area contributed by atoms with E-state index in [1.807, 2.05) is 19.0 Å². The van der Waals surface area contributed by atoms with Gasteiger partial charge < -0.3 is 19.9 Å². The molecule has 1 fully saturated rings. The molecular weight excluding hydrogens is 330 g/mol. The van der Waals surface area contributed by atoms with Crippen molar-refractivity contribution in [2.45, 2.75) is 6.92 Å². The second kappa shape index (κ2) is 7.05. The maximum atomic E-state index is 12.4. The first-order valence-electron chi connectivity index (χ1n) is 7.53. The Balaban J connectivity index is 1.84. The standard InChI is InChI=1S/C14H19N7O2S/c1-9-11(24-19-18-9)13(22)16-10-8-15-14(17-12(10)20(2)3)21-4-6-23-7-5-21/h8H,4-7H2,1-3H3,(H,16,22). The van der Waals surface area contributed by atoms with Crippen molar-refractivity contribution in [3.63, 3.8) is 0 Å². The molecule has 0 aromatic carbocycles. The number of amides is 1. The minimum Gasteiger partial charge on any atom is -0.378 e. The molecule has 128 valence electrons. The maximum absolute atomic E-state index is 12.4. The largest absolute Gasteiger partial charge is 0.378 e. The van der Waals surface area contributed by atoms with Gasteiger partial charge in [0.25, 0.3) is 5.91 Å². The zero-order valence-electron chi connectivity index (χ0n) is 13.8. The van der Waals surface area contributed by atoms with E-state index >= 15 is 0 Å². The Morgan fingerprint density at radius 3 is 2.75 bits per heavy atom. The number of rotatable bonds is 4. The van der Waals surface area contributed by atoms with Crippen LogP contribution in [0.3, 0.4) is 0 Å². The van der Waals surface area contributed by atoms with Gasteiger partial charge in [-0.25, -0.2) is 4.98 Å². The summed E-state index contributed by atoms with van der Waals surface area (Å²) in [5.41, 5.74) is 1.16. The lowest BCUT2D eigenvalue weighted by molar-refractivity contribution is 0.102. The summed E-state index contributed by atoms with van der Waals surface area (Å²) < 4.78 is 9.14. The summed E-state index contributed by atoms with van der Waals surface area (Å²) in [4.78, 5) is 25.8. The lowest BCUT2D eigenvalue weighted by Gasteiger charge is -2.28. The molecule has 0 aliphatic carbocycles. The van der Waals surface area contributed by atoms with Gasteiger partial charge in [-0.2, -0.15) is 4.98 Å². The highest BCUT2D eigenvalue weighted by Crippen LogP contribution is 2.25. The molecule has 2 aromatic heterocycles. The van der Waals surface area contributed by atoms with Crippen LogP contribution in [0.5, 0.6) is 0 Å². The van der Waals surface area contributed by atoms with Crippen molar-refractivity contribution in [3.8, 4) is 0 Å². The quantitative estimate of drug-likeness (QED) is 0.865. The van der Waals surface area contributed by atoms with Crippen molar-refractivity contribution in [1.82, 2.24) is 19.6 Å². The zero-order valence-corrected chi connectivity index (χ0v) is 14.6. The highest BCUT2D eigenvalue weighted by atomic mass is 32.1. The lowest BCUT2D eigenvalue weighted by Crippen LogP contribution is -2.37. The molecule has 0 bridgehead atoms. The second-order valence-corrected chi connectivity index (χ2v) is 6.30. The van der Waals surface area contributed by atoms with Crippen LogP contribution in [0.1, 0.15) is 15.4 Å². The van der Waals surface area contributed by atoms with Crippen LogP contribution in [0.4, 0.5) is 17.5 Å². The van der Waals surface area contributed by atoms with Crippen LogP contribution in [0.25, 0.3) is 0 Å². The van der Waals surface area contributed by atoms with Crippen LogP contribution in [-0.2, 0) is 4.74 Å². The minimum absolute atomic E-state index is 0.256. The van der Waals surface area contributed by atoms with Gasteiger partial charge in [0.05, 0.1) is 25.1 Å². The molecule has 3 heterocycles. The molecule has 10 heteroatoms. The number of nitrogens with one attached hydrogen (secondary N) is 1. The highest BCUT2D eigenvalue weighted by Gasteiger charge is 2.20. The summed E-state index contributed by atoms with van der Waals surface area (Å²) in [6, 6.07) is 0. The van der Waals surface area contributed by atoms with Crippen molar-refractivity contribution < 1.29 is 9.53 Å². The number of hydrogen-bond donors (Lipinski definition) is 1. The molecule has 1 N–H and O–H groups in total. The Hall–Kier alpha value is -2.33. The van der Waals surface area contributed by atoms with Gasteiger partial charge in [0.15, 0.2) is 5.82 Å². The van der Waals surface area contributed by atoms with E-state index in [2.05, 4.69) is 29.8 Å². The molecular formula is C14H19N7O2S. The average molecular weight is 349 g/mol. The number of morpholine rings is 1. The summed E-state index contributed by atoms with van der Waals surface area (Å²) in [6.45, 7) is 4.59. The van der Waals surface area contributed by atoms with Gasteiger partial charge >= 0.3 is 0 Å². The third-order valence-corrected chi connectivity index (χ3v) is 4.41. The number of aryl methyl sites for hydroxylation is 1. The molecule has 1 amide bonds. The van der Waals surface area contributed by atoms with Crippen LogP contribution >= 0.6 is 11.5 Å². The molecule has 24 heavy (non-hydrogen) atoms. The first-order chi connectivity index (χ1) is 11.6. The van der Waals surface area contributed by atoms with E-state index in [1.54, 1.807) is 13.1 Å². The average Bonchev–Trinajstić information content (AvgIpc) is 3.02.